The molecule has 0 bridgehead atoms. The van der Waals surface area contributed by atoms with Crippen LogP contribution in [0, 0.1) is 5.92 Å². The Morgan fingerprint density at radius 3 is 2.56 bits per heavy atom. The third kappa shape index (κ3) is 3.23. The van der Waals surface area contributed by atoms with Gasteiger partial charge in [-0.2, -0.15) is 0 Å². The van der Waals surface area contributed by atoms with Gasteiger partial charge in [-0.15, -0.1) is 0 Å². The molecule has 3 amide bonds. The van der Waals surface area contributed by atoms with Crippen molar-refractivity contribution in [3.8, 4) is 0 Å². The number of rotatable bonds is 3. The van der Waals surface area contributed by atoms with Crippen molar-refractivity contribution < 1.29 is 14.4 Å². The van der Waals surface area contributed by atoms with Crippen LogP contribution in [0.2, 0.25) is 5.02 Å². The maximum atomic E-state index is 12.8. The van der Waals surface area contributed by atoms with Crippen molar-refractivity contribution in [1.82, 2.24) is 15.1 Å². The molecule has 0 aromatic heterocycles. The maximum Gasteiger partial charge on any atom is 0.246 e. The molecule has 132 valence electrons. The van der Waals surface area contributed by atoms with E-state index in [2.05, 4.69) is 5.32 Å². The lowest BCUT2D eigenvalue weighted by molar-refractivity contribution is -0.156. The predicted octanol–water partition coefficient (Wildman–Crippen LogP) is 0.830. The molecule has 0 spiro atoms. The predicted molar refractivity (Wildman–Crippen MR) is 91.9 cm³/mol. The quantitative estimate of drug-likeness (QED) is 0.867. The highest BCUT2D eigenvalue weighted by atomic mass is 35.5. The van der Waals surface area contributed by atoms with E-state index in [1.165, 1.54) is 0 Å². The summed E-state index contributed by atoms with van der Waals surface area (Å²) in [5.74, 6) is 0.0136. The molecule has 0 radical (unpaired) electrons. The van der Waals surface area contributed by atoms with Crippen LogP contribution < -0.4 is 5.32 Å². The van der Waals surface area contributed by atoms with E-state index in [1.807, 2.05) is 12.1 Å². The average molecular weight is 362 g/mol. The van der Waals surface area contributed by atoms with Crippen molar-refractivity contribution >= 4 is 29.3 Å². The van der Waals surface area contributed by atoms with Crippen molar-refractivity contribution in [3.63, 3.8) is 0 Å². The zero-order chi connectivity index (χ0) is 17.6. The number of piperazine rings is 2. The summed E-state index contributed by atoms with van der Waals surface area (Å²) in [5.41, 5.74) is 0.948. The molecular weight excluding hydrogens is 342 g/mol. The van der Waals surface area contributed by atoms with Gasteiger partial charge in [0.2, 0.25) is 17.7 Å². The smallest absolute Gasteiger partial charge is 0.246 e. The standard InChI is InChI=1S/C18H20ClN3O3/c19-13-5-1-11(2-6-13)9-14-18(25)22-8-7-21(17(24)12-3-4-12)10-15(22)16(23)20-14/h1-2,5-6,12,14-15H,3-4,7-10H2,(H,20,23)/t14-,15-/m1/s1. The summed E-state index contributed by atoms with van der Waals surface area (Å²) in [6, 6.07) is 6.15. The van der Waals surface area contributed by atoms with Crippen LogP contribution in [0.5, 0.6) is 0 Å². The number of hydrogen-bond donors (Lipinski definition) is 1. The SMILES string of the molecule is O=C1N[C@H](Cc2ccc(Cl)cc2)C(=O)N2CCN(C(=O)C3CC3)C[C@H]12. The molecule has 1 N–H and O–H groups in total. The lowest BCUT2D eigenvalue weighted by atomic mass is 9.98. The van der Waals surface area contributed by atoms with Gasteiger partial charge in [0.25, 0.3) is 0 Å². The van der Waals surface area contributed by atoms with Gasteiger partial charge in [0, 0.05) is 30.5 Å². The Balaban J connectivity index is 1.44. The van der Waals surface area contributed by atoms with Crippen molar-refractivity contribution in [2.45, 2.75) is 31.3 Å². The van der Waals surface area contributed by atoms with Gasteiger partial charge in [-0.1, -0.05) is 23.7 Å². The van der Waals surface area contributed by atoms with Crippen LogP contribution in [0.3, 0.4) is 0 Å². The van der Waals surface area contributed by atoms with Crippen molar-refractivity contribution in [3.05, 3.63) is 34.9 Å². The molecule has 7 heteroatoms. The van der Waals surface area contributed by atoms with Crippen molar-refractivity contribution in [2.75, 3.05) is 19.6 Å². The minimum absolute atomic E-state index is 0.0712. The molecule has 6 nitrogen and oxygen atoms in total. The van der Waals surface area contributed by atoms with E-state index in [4.69, 9.17) is 11.6 Å². The fraction of sp³-hybridized carbons (Fsp3) is 0.500. The number of amides is 3. The van der Waals surface area contributed by atoms with Gasteiger partial charge in [-0.25, -0.2) is 0 Å². The molecular formula is C18H20ClN3O3. The van der Waals surface area contributed by atoms with Gasteiger partial charge >= 0.3 is 0 Å². The second-order valence-corrected chi connectivity index (χ2v) is 7.43. The zero-order valence-corrected chi connectivity index (χ0v) is 14.5. The summed E-state index contributed by atoms with van der Waals surface area (Å²) in [4.78, 5) is 40.9. The summed E-state index contributed by atoms with van der Waals surface area (Å²) in [7, 11) is 0. The topological polar surface area (TPSA) is 69.7 Å². The number of carbonyl (C=O) groups excluding carboxylic acids is 3. The lowest BCUT2D eigenvalue weighted by Crippen LogP contribution is -2.70. The van der Waals surface area contributed by atoms with E-state index < -0.39 is 12.1 Å². The molecule has 25 heavy (non-hydrogen) atoms. The largest absolute Gasteiger partial charge is 0.342 e. The second kappa shape index (κ2) is 6.33. The van der Waals surface area contributed by atoms with Crippen LogP contribution in [0.4, 0.5) is 0 Å². The third-order valence-corrected chi connectivity index (χ3v) is 5.42. The summed E-state index contributed by atoms with van der Waals surface area (Å²) < 4.78 is 0. The van der Waals surface area contributed by atoms with Gasteiger partial charge in [0.1, 0.15) is 12.1 Å². The van der Waals surface area contributed by atoms with E-state index in [1.54, 1.807) is 21.9 Å². The Morgan fingerprint density at radius 2 is 1.88 bits per heavy atom. The Hall–Kier alpha value is -2.08. The first-order valence-corrected chi connectivity index (χ1v) is 9.05. The van der Waals surface area contributed by atoms with E-state index in [0.717, 1.165) is 18.4 Å². The lowest BCUT2D eigenvalue weighted by Gasteiger charge is -2.45. The molecule has 2 saturated heterocycles. The van der Waals surface area contributed by atoms with E-state index in [9.17, 15) is 14.4 Å². The number of benzene rings is 1. The highest BCUT2D eigenvalue weighted by Gasteiger charge is 2.45. The first-order valence-electron chi connectivity index (χ1n) is 8.67. The first kappa shape index (κ1) is 16.4. The maximum absolute atomic E-state index is 12.8. The Labute approximate surface area is 151 Å². The van der Waals surface area contributed by atoms with Crippen LogP contribution in [-0.2, 0) is 20.8 Å². The van der Waals surface area contributed by atoms with Crippen LogP contribution in [0.15, 0.2) is 24.3 Å². The van der Waals surface area contributed by atoms with Gasteiger partial charge < -0.3 is 15.1 Å². The average Bonchev–Trinajstić information content (AvgIpc) is 3.45. The molecule has 2 atom stereocenters. The number of fused-ring (bicyclic) bond motifs is 1. The molecule has 3 aliphatic rings. The highest BCUT2D eigenvalue weighted by molar-refractivity contribution is 6.30. The van der Waals surface area contributed by atoms with E-state index >= 15 is 0 Å². The first-order chi connectivity index (χ1) is 12.0. The molecule has 1 aromatic rings. The molecule has 3 fully saturated rings. The Kier molecular flexibility index (Phi) is 4.15. The van der Waals surface area contributed by atoms with Crippen molar-refractivity contribution in [1.29, 1.82) is 0 Å². The summed E-state index contributed by atoms with van der Waals surface area (Å²) >= 11 is 5.89. The summed E-state index contributed by atoms with van der Waals surface area (Å²) in [6.45, 7) is 1.24. The Bertz CT molecular complexity index is 717. The van der Waals surface area contributed by atoms with E-state index in [-0.39, 0.29) is 23.6 Å². The minimum Gasteiger partial charge on any atom is -0.342 e. The van der Waals surface area contributed by atoms with E-state index in [0.29, 0.717) is 31.1 Å². The number of nitrogens with one attached hydrogen (secondary N) is 1. The van der Waals surface area contributed by atoms with Crippen molar-refractivity contribution in [2.24, 2.45) is 5.92 Å². The number of carbonyl (C=O) groups is 3. The number of halogens is 1. The number of nitrogens with zero attached hydrogens (tertiary/aromatic N) is 2. The summed E-state index contributed by atoms with van der Waals surface area (Å²) in [5, 5.41) is 3.47. The molecule has 2 heterocycles. The molecule has 4 rings (SSSR count). The molecule has 1 aromatic carbocycles. The molecule has 1 saturated carbocycles. The monoisotopic (exact) mass is 361 g/mol. The normalized spacial score (nSPS) is 26.3. The van der Waals surface area contributed by atoms with Gasteiger partial charge in [0.15, 0.2) is 0 Å². The molecule has 0 unspecified atom stereocenters. The van der Waals surface area contributed by atoms with Gasteiger partial charge in [-0.3, -0.25) is 14.4 Å². The fourth-order valence-corrected chi connectivity index (χ4v) is 3.71. The van der Waals surface area contributed by atoms with Crippen LogP contribution in [0.1, 0.15) is 18.4 Å². The van der Waals surface area contributed by atoms with Crippen LogP contribution in [0.25, 0.3) is 0 Å². The second-order valence-electron chi connectivity index (χ2n) is 7.00. The number of hydrogen-bond acceptors (Lipinski definition) is 3. The molecule has 1 aliphatic carbocycles. The fourth-order valence-electron chi connectivity index (χ4n) is 3.58. The zero-order valence-electron chi connectivity index (χ0n) is 13.8. The Morgan fingerprint density at radius 1 is 1.16 bits per heavy atom. The molecule has 2 aliphatic heterocycles. The van der Waals surface area contributed by atoms with Gasteiger partial charge in [0.05, 0.1) is 6.54 Å². The minimum atomic E-state index is -0.564. The highest BCUT2D eigenvalue weighted by Crippen LogP contribution is 2.32. The van der Waals surface area contributed by atoms with Crippen LogP contribution >= 0.6 is 11.6 Å². The van der Waals surface area contributed by atoms with Gasteiger partial charge in [-0.05, 0) is 30.5 Å². The van der Waals surface area contributed by atoms with Crippen LogP contribution in [-0.4, -0.2) is 59.2 Å². The summed E-state index contributed by atoms with van der Waals surface area (Å²) in [6.07, 6.45) is 2.33. The third-order valence-electron chi connectivity index (χ3n) is 5.17.